The Bertz CT molecular complexity index is 1480. The second-order valence-corrected chi connectivity index (χ2v) is 13.0. The van der Waals surface area contributed by atoms with E-state index >= 15 is 0 Å². The molecule has 23 nitrogen and oxygen atoms in total. The largest absolute Gasteiger partial charge is 0.480 e. The van der Waals surface area contributed by atoms with E-state index in [1.165, 1.54) is 41.9 Å². The van der Waals surface area contributed by atoms with E-state index in [0.717, 1.165) is 14.7 Å². The van der Waals surface area contributed by atoms with Gasteiger partial charge in [-0.1, -0.05) is 0 Å². The van der Waals surface area contributed by atoms with Crippen molar-refractivity contribution in [1.82, 2.24) is 30.7 Å². The number of nitrogens with one attached hydrogen (secondary N) is 3. The number of carboxylic acid groups (broad SMARTS) is 1. The summed E-state index contributed by atoms with van der Waals surface area (Å²) in [4.78, 5) is 139. The molecule has 55 heavy (non-hydrogen) atoms. The van der Waals surface area contributed by atoms with E-state index in [4.69, 9.17) is 28.7 Å². The number of hydrogen-bond donors (Lipinski definition) is 9. The predicted molar refractivity (Wildman–Crippen MR) is 192 cm³/mol. The fraction of sp³-hybridized carbons (Fsp3) is 0.656. The van der Waals surface area contributed by atoms with Gasteiger partial charge in [0.25, 0.3) is 0 Å². The maximum Gasteiger partial charge on any atom is 0.326 e. The standard InChI is InChI=1S/C32H55N11O12/c1-15(41(4)29(51)18(33)7-11-22(34)44)26(48)38-19(8-12-23(35)45)30(52)42(5)16(2)27(49)39-20(9-13-24(36)46)31(53)43(6)17(3)28(50)40-21(32(54)55)10-14-25(37)47/h15-21H,7-14,33H2,1-6H3,(H2,34,44)(H2,35,45)(H2,36,46)(H2,37,47)(H,38,48)(H,39,49)(H,40,50)(H,54,55)/t15-,16-,17-,18-,19-,20-,21-/m0/s1. The Morgan fingerprint density at radius 1 is 0.473 bits per heavy atom. The minimum atomic E-state index is -1.51. The zero-order chi connectivity index (χ0) is 42.9. The van der Waals surface area contributed by atoms with Crippen LogP contribution >= 0.6 is 0 Å². The first kappa shape index (κ1) is 49.1. The molecule has 0 aromatic rings. The Morgan fingerprint density at radius 3 is 1.02 bits per heavy atom. The molecule has 0 fully saturated rings. The summed E-state index contributed by atoms with van der Waals surface area (Å²) < 4.78 is 0. The van der Waals surface area contributed by atoms with Gasteiger partial charge in [-0.3, -0.25) is 47.9 Å². The first-order valence-corrected chi connectivity index (χ1v) is 17.2. The molecule has 0 spiro atoms. The van der Waals surface area contributed by atoms with Crippen LogP contribution in [0.15, 0.2) is 0 Å². The predicted octanol–water partition coefficient (Wildman–Crippen LogP) is -5.54. The van der Waals surface area contributed by atoms with Crippen molar-refractivity contribution in [3.63, 3.8) is 0 Å². The monoisotopic (exact) mass is 785 g/mol. The van der Waals surface area contributed by atoms with Crippen LogP contribution in [-0.4, -0.2) is 148 Å². The van der Waals surface area contributed by atoms with E-state index in [0.29, 0.717) is 0 Å². The summed E-state index contributed by atoms with van der Waals surface area (Å²) in [7, 11) is 3.65. The molecular weight excluding hydrogens is 730 g/mol. The smallest absolute Gasteiger partial charge is 0.326 e. The molecule has 14 N–H and O–H groups in total. The number of likely N-dealkylation sites (N-methyl/N-ethyl adjacent to an activating group) is 3. The Hall–Kier alpha value is -5.87. The lowest BCUT2D eigenvalue weighted by atomic mass is 10.1. The summed E-state index contributed by atoms with van der Waals surface area (Å²) >= 11 is 0. The van der Waals surface area contributed by atoms with Gasteiger partial charge in [-0.05, 0) is 46.5 Å². The first-order chi connectivity index (χ1) is 25.3. The highest BCUT2D eigenvalue weighted by molar-refractivity contribution is 5.97. The second-order valence-electron chi connectivity index (χ2n) is 13.0. The molecule has 0 aromatic carbocycles. The van der Waals surface area contributed by atoms with Crippen molar-refractivity contribution in [3.8, 4) is 0 Å². The highest BCUT2D eigenvalue weighted by atomic mass is 16.4. The van der Waals surface area contributed by atoms with Crippen molar-refractivity contribution in [2.24, 2.45) is 28.7 Å². The van der Waals surface area contributed by atoms with E-state index in [1.807, 2.05) is 0 Å². The molecule has 0 unspecified atom stereocenters. The third-order valence-electron chi connectivity index (χ3n) is 8.82. The van der Waals surface area contributed by atoms with Gasteiger partial charge < -0.3 is 64.4 Å². The van der Waals surface area contributed by atoms with Crippen LogP contribution in [0, 0.1) is 0 Å². The molecule has 310 valence electrons. The van der Waals surface area contributed by atoms with Gasteiger partial charge in [-0.2, -0.15) is 0 Å². The van der Waals surface area contributed by atoms with Crippen LogP contribution in [0.2, 0.25) is 0 Å². The number of carboxylic acids is 1. The number of carbonyl (C=O) groups is 11. The Labute approximate surface area is 317 Å². The quantitative estimate of drug-likeness (QED) is 0.0418. The molecule has 10 amide bonds. The summed E-state index contributed by atoms with van der Waals surface area (Å²) in [5.74, 6) is -9.73. The topological polar surface area (TPSA) is 384 Å². The summed E-state index contributed by atoms with van der Waals surface area (Å²) in [5.41, 5.74) is 26.5. The van der Waals surface area contributed by atoms with Crippen molar-refractivity contribution < 1.29 is 57.8 Å². The summed E-state index contributed by atoms with van der Waals surface area (Å²) in [5, 5.41) is 16.5. The van der Waals surface area contributed by atoms with Crippen LogP contribution < -0.4 is 44.6 Å². The van der Waals surface area contributed by atoms with Gasteiger partial charge in [0.05, 0.1) is 6.04 Å². The van der Waals surface area contributed by atoms with Gasteiger partial charge in [-0.15, -0.1) is 0 Å². The lowest BCUT2D eigenvalue weighted by Crippen LogP contribution is -2.59. The van der Waals surface area contributed by atoms with Gasteiger partial charge in [-0.25, -0.2) is 4.79 Å². The Kier molecular flexibility index (Phi) is 20.6. The fourth-order valence-electron chi connectivity index (χ4n) is 4.78. The third kappa shape index (κ3) is 16.8. The van der Waals surface area contributed by atoms with Crippen molar-refractivity contribution in [2.75, 3.05) is 21.1 Å². The number of carbonyl (C=O) groups excluding carboxylic acids is 10. The van der Waals surface area contributed by atoms with E-state index in [9.17, 15) is 57.8 Å². The van der Waals surface area contributed by atoms with Crippen LogP contribution in [0.4, 0.5) is 0 Å². The minimum Gasteiger partial charge on any atom is -0.480 e. The molecule has 23 heteroatoms. The zero-order valence-electron chi connectivity index (χ0n) is 31.9. The van der Waals surface area contributed by atoms with E-state index in [2.05, 4.69) is 16.0 Å². The van der Waals surface area contributed by atoms with Crippen LogP contribution in [0.25, 0.3) is 0 Å². The lowest BCUT2D eigenvalue weighted by molar-refractivity contribution is -0.146. The molecule has 0 saturated carbocycles. The maximum atomic E-state index is 13.6. The van der Waals surface area contributed by atoms with E-state index < -0.39 is 114 Å². The summed E-state index contributed by atoms with van der Waals surface area (Å²) in [6.45, 7) is 3.87. The first-order valence-electron chi connectivity index (χ1n) is 17.2. The normalized spacial score (nSPS) is 14.6. The molecule has 0 bridgehead atoms. The SMILES string of the molecule is C[C@@H](C(=O)N[C@@H](CCC(N)=O)C(=O)O)N(C)C(=O)[C@H](CCC(N)=O)NC(=O)[C@H](C)N(C)C(=O)[C@H](CCC(N)=O)NC(=O)[C@H](C)N(C)C(=O)[C@@H](N)CCC(N)=O. The molecule has 0 aliphatic heterocycles. The van der Waals surface area contributed by atoms with Gasteiger partial charge in [0, 0.05) is 46.8 Å². The molecule has 0 aliphatic carbocycles. The number of hydrogen-bond acceptors (Lipinski definition) is 12. The number of rotatable bonds is 25. The Morgan fingerprint density at radius 2 is 0.727 bits per heavy atom. The van der Waals surface area contributed by atoms with Gasteiger partial charge in [0.2, 0.25) is 59.1 Å². The van der Waals surface area contributed by atoms with Gasteiger partial charge >= 0.3 is 5.97 Å². The molecule has 0 heterocycles. The number of nitrogens with two attached hydrogens (primary N) is 5. The van der Waals surface area contributed by atoms with Crippen molar-refractivity contribution in [3.05, 3.63) is 0 Å². The molecule has 7 atom stereocenters. The van der Waals surface area contributed by atoms with E-state index in [-0.39, 0.29) is 44.9 Å². The van der Waals surface area contributed by atoms with Gasteiger partial charge in [0.15, 0.2) is 0 Å². The van der Waals surface area contributed by atoms with Crippen molar-refractivity contribution in [1.29, 1.82) is 0 Å². The van der Waals surface area contributed by atoms with E-state index in [1.54, 1.807) is 0 Å². The molecule has 0 aliphatic rings. The molecule has 0 saturated heterocycles. The van der Waals surface area contributed by atoms with Crippen molar-refractivity contribution in [2.45, 2.75) is 114 Å². The average Bonchev–Trinajstić information content (AvgIpc) is 3.11. The number of primary amides is 4. The second kappa shape index (κ2) is 23.0. The fourth-order valence-corrected chi connectivity index (χ4v) is 4.78. The Balaban J connectivity index is 6.04. The molecular formula is C32H55N11O12. The van der Waals surface area contributed by atoms with Crippen LogP contribution in [0.1, 0.15) is 72.1 Å². The highest BCUT2D eigenvalue weighted by Crippen LogP contribution is 2.11. The van der Waals surface area contributed by atoms with Crippen molar-refractivity contribution >= 4 is 65.0 Å². The maximum absolute atomic E-state index is 13.6. The molecule has 0 aromatic heterocycles. The summed E-state index contributed by atoms with van der Waals surface area (Å²) in [6.07, 6.45) is -2.33. The third-order valence-corrected chi connectivity index (χ3v) is 8.82. The molecule has 0 rings (SSSR count). The molecule has 0 radical (unpaired) electrons. The highest BCUT2D eigenvalue weighted by Gasteiger charge is 2.36. The minimum absolute atomic E-state index is 0.0795. The van der Waals surface area contributed by atoms with Gasteiger partial charge in [0.1, 0.15) is 36.3 Å². The average molecular weight is 786 g/mol. The summed E-state index contributed by atoms with van der Waals surface area (Å²) in [6, 6.07) is -9.48. The van der Waals surface area contributed by atoms with Crippen LogP contribution in [-0.2, 0) is 52.7 Å². The van der Waals surface area contributed by atoms with Crippen LogP contribution in [0.5, 0.6) is 0 Å². The number of amides is 10. The van der Waals surface area contributed by atoms with Crippen LogP contribution in [0.3, 0.4) is 0 Å². The number of aliphatic carboxylic acids is 1. The lowest BCUT2D eigenvalue weighted by Gasteiger charge is -2.33. The number of nitrogens with zero attached hydrogens (tertiary/aromatic N) is 3. The zero-order valence-corrected chi connectivity index (χ0v) is 31.9.